The first-order valence-corrected chi connectivity index (χ1v) is 8.68. The van der Waals surface area contributed by atoms with Gasteiger partial charge in [-0.1, -0.05) is 67.4 Å². The standard InChI is InChI=1S/C22H24N2/c1-4-5-6-18-9-13-19(14-10-18)21-15-17(3)23-22(24-21)20-11-7-16(2)8-12-20/h7-15H,4-6H2,1-3H3. The third-order valence-corrected chi connectivity index (χ3v) is 4.23. The average Bonchev–Trinajstić information content (AvgIpc) is 2.60. The molecule has 0 radical (unpaired) electrons. The van der Waals surface area contributed by atoms with Crippen LogP contribution in [0.1, 0.15) is 36.6 Å². The minimum Gasteiger partial charge on any atom is -0.233 e. The fourth-order valence-corrected chi connectivity index (χ4v) is 2.77. The Morgan fingerprint density at radius 1 is 0.792 bits per heavy atom. The van der Waals surface area contributed by atoms with Crippen LogP contribution in [0.4, 0.5) is 0 Å². The van der Waals surface area contributed by atoms with Crippen LogP contribution in [-0.2, 0) is 6.42 Å². The first-order chi connectivity index (χ1) is 11.7. The molecular formula is C22H24N2. The topological polar surface area (TPSA) is 25.8 Å². The van der Waals surface area contributed by atoms with Gasteiger partial charge in [0.15, 0.2) is 5.82 Å². The summed E-state index contributed by atoms with van der Waals surface area (Å²) in [5.74, 6) is 0.792. The smallest absolute Gasteiger partial charge is 0.160 e. The summed E-state index contributed by atoms with van der Waals surface area (Å²) >= 11 is 0. The first kappa shape index (κ1) is 16.4. The number of nitrogens with zero attached hydrogens (tertiary/aromatic N) is 2. The van der Waals surface area contributed by atoms with Crippen LogP contribution in [0.15, 0.2) is 54.6 Å². The minimum absolute atomic E-state index is 0.792. The summed E-state index contributed by atoms with van der Waals surface area (Å²) in [6, 6.07) is 19.2. The van der Waals surface area contributed by atoms with E-state index in [1.54, 1.807) is 0 Å². The van der Waals surface area contributed by atoms with E-state index in [0.29, 0.717) is 0 Å². The average molecular weight is 316 g/mol. The van der Waals surface area contributed by atoms with Crippen LogP contribution in [-0.4, -0.2) is 9.97 Å². The number of hydrogen-bond acceptors (Lipinski definition) is 2. The summed E-state index contributed by atoms with van der Waals surface area (Å²) in [6.07, 6.45) is 3.62. The maximum absolute atomic E-state index is 4.78. The van der Waals surface area contributed by atoms with Crippen LogP contribution in [0.2, 0.25) is 0 Å². The van der Waals surface area contributed by atoms with E-state index in [-0.39, 0.29) is 0 Å². The number of rotatable bonds is 5. The number of hydrogen-bond donors (Lipinski definition) is 0. The van der Waals surface area contributed by atoms with E-state index >= 15 is 0 Å². The van der Waals surface area contributed by atoms with Crippen molar-refractivity contribution in [3.8, 4) is 22.6 Å². The second-order valence-electron chi connectivity index (χ2n) is 6.38. The van der Waals surface area contributed by atoms with Gasteiger partial charge in [-0.15, -0.1) is 0 Å². The summed E-state index contributed by atoms with van der Waals surface area (Å²) in [5, 5.41) is 0. The van der Waals surface area contributed by atoms with Crippen LogP contribution in [0.25, 0.3) is 22.6 Å². The lowest BCUT2D eigenvalue weighted by Gasteiger charge is -2.08. The molecule has 0 bridgehead atoms. The second kappa shape index (κ2) is 7.39. The Kier molecular flexibility index (Phi) is 5.05. The predicted molar refractivity (Wildman–Crippen MR) is 101 cm³/mol. The molecule has 0 fully saturated rings. The molecule has 3 aromatic rings. The molecule has 0 aliphatic carbocycles. The van der Waals surface area contributed by atoms with Gasteiger partial charge in [-0.25, -0.2) is 9.97 Å². The molecule has 0 aliphatic rings. The Morgan fingerprint density at radius 3 is 2.12 bits per heavy atom. The van der Waals surface area contributed by atoms with Gasteiger partial charge in [-0.05, 0) is 38.3 Å². The highest BCUT2D eigenvalue weighted by Gasteiger charge is 2.07. The molecule has 1 heterocycles. The molecule has 0 spiro atoms. The van der Waals surface area contributed by atoms with Gasteiger partial charge in [0.2, 0.25) is 0 Å². The zero-order chi connectivity index (χ0) is 16.9. The summed E-state index contributed by atoms with van der Waals surface area (Å²) in [4.78, 5) is 9.39. The van der Waals surface area contributed by atoms with Gasteiger partial charge in [0.1, 0.15) is 0 Å². The van der Waals surface area contributed by atoms with Gasteiger partial charge in [0.25, 0.3) is 0 Å². The quantitative estimate of drug-likeness (QED) is 0.597. The van der Waals surface area contributed by atoms with Crippen LogP contribution in [0.5, 0.6) is 0 Å². The zero-order valence-corrected chi connectivity index (χ0v) is 14.7. The van der Waals surface area contributed by atoms with E-state index < -0.39 is 0 Å². The summed E-state index contributed by atoms with van der Waals surface area (Å²) in [7, 11) is 0. The Balaban J connectivity index is 1.92. The largest absolute Gasteiger partial charge is 0.233 e. The summed E-state index contributed by atoms with van der Waals surface area (Å²) < 4.78 is 0. The Labute approximate surface area is 144 Å². The Morgan fingerprint density at radius 2 is 1.46 bits per heavy atom. The molecule has 0 amide bonds. The van der Waals surface area contributed by atoms with Gasteiger partial charge in [-0.2, -0.15) is 0 Å². The van der Waals surface area contributed by atoms with Gasteiger partial charge < -0.3 is 0 Å². The van der Waals surface area contributed by atoms with Crippen molar-refractivity contribution in [3.63, 3.8) is 0 Å². The molecule has 0 atom stereocenters. The highest BCUT2D eigenvalue weighted by atomic mass is 14.9. The van der Waals surface area contributed by atoms with Gasteiger partial charge in [0.05, 0.1) is 5.69 Å². The van der Waals surface area contributed by atoms with Crippen LogP contribution >= 0.6 is 0 Å². The highest BCUT2D eigenvalue weighted by molar-refractivity contribution is 5.64. The van der Waals surface area contributed by atoms with Crippen molar-refractivity contribution in [2.24, 2.45) is 0 Å². The van der Waals surface area contributed by atoms with Crippen molar-refractivity contribution in [2.45, 2.75) is 40.0 Å². The van der Waals surface area contributed by atoms with Crippen molar-refractivity contribution >= 4 is 0 Å². The van der Waals surface area contributed by atoms with E-state index in [9.17, 15) is 0 Å². The molecule has 2 aromatic carbocycles. The third kappa shape index (κ3) is 3.88. The van der Waals surface area contributed by atoms with E-state index in [1.165, 1.54) is 24.0 Å². The lowest BCUT2D eigenvalue weighted by Crippen LogP contribution is -1.95. The number of aryl methyl sites for hydroxylation is 3. The maximum atomic E-state index is 4.78. The van der Waals surface area contributed by atoms with E-state index in [4.69, 9.17) is 4.98 Å². The molecule has 2 nitrogen and oxygen atoms in total. The van der Waals surface area contributed by atoms with Gasteiger partial charge in [-0.3, -0.25) is 0 Å². The Bertz CT molecular complexity index is 802. The summed E-state index contributed by atoms with van der Waals surface area (Å²) in [5.41, 5.74) is 6.82. The van der Waals surface area contributed by atoms with Crippen molar-refractivity contribution in [1.29, 1.82) is 0 Å². The zero-order valence-electron chi connectivity index (χ0n) is 14.7. The lowest BCUT2D eigenvalue weighted by atomic mass is 10.0. The molecule has 122 valence electrons. The fourth-order valence-electron chi connectivity index (χ4n) is 2.77. The molecular weight excluding hydrogens is 292 g/mol. The van der Waals surface area contributed by atoms with E-state index in [1.807, 2.05) is 6.92 Å². The Hall–Kier alpha value is -2.48. The monoisotopic (exact) mass is 316 g/mol. The van der Waals surface area contributed by atoms with Crippen molar-refractivity contribution in [3.05, 3.63) is 71.4 Å². The molecule has 1 aromatic heterocycles. The maximum Gasteiger partial charge on any atom is 0.160 e. The summed E-state index contributed by atoms with van der Waals surface area (Å²) in [6.45, 7) is 6.34. The van der Waals surface area contributed by atoms with Crippen molar-refractivity contribution < 1.29 is 0 Å². The minimum atomic E-state index is 0.792. The lowest BCUT2D eigenvalue weighted by molar-refractivity contribution is 0.795. The molecule has 0 unspecified atom stereocenters. The number of aromatic nitrogens is 2. The SMILES string of the molecule is CCCCc1ccc(-c2cc(C)nc(-c3ccc(C)cc3)n2)cc1. The predicted octanol–water partition coefficient (Wildman–Crippen LogP) is 5.77. The first-order valence-electron chi connectivity index (χ1n) is 8.68. The van der Waals surface area contributed by atoms with Crippen molar-refractivity contribution in [1.82, 2.24) is 9.97 Å². The molecule has 0 saturated carbocycles. The number of benzene rings is 2. The van der Waals surface area contributed by atoms with E-state index in [0.717, 1.165) is 34.8 Å². The molecule has 0 saturated heterocycles. The molecule has 0 aliphatic heterocycles. The number of unbranched alkanes of at least 4 members (excludes halogenated alkanes) is 1. The molecule has 2 heteroatoms. The van der Waals surface area contributed by atoms with Crippen LogP contribution in [0, 0.1) is 13.8 Å². The molecule has 3 rings (SSSR count). The molecule has 24 heavy (non-hydrogen) atoms. The van der Waals surface area contributed by atoms with Gasteiger partial charge in [0, 0.05) is 16.8 Å². The van der Waals surface area contributed by atoms with Crippen LogP contribution < -0.4 is 0 Å². The van der Waals surface area contributed by atoms with Crippen LogP contribution in [0.3, 0.4) is 0 Å². The van der Waals surface area contributed by atoms with Crippen molar-refractivity contribution in [2.75, 3.05) is 0 Å². The third-order valence-electron chi connectivity index (χ3n) is 4.23. The fraction of sp³-hybridized carbons (Fsp3) is 0.273. The highest BCUT2D eigenvalue weighted by Crippen LogP contribution is 2.23. The molecule has 0 N–H and O–H groups in total. The van der Waals surface area contributed by atoms with Gasteiger partial charge >= 0.3 is 0 Å². The normalized spacial score (nSPS) is 10.8. The van der Waals surface area contributed by atoms with E-state index in [2.05, 4.69) is 73.4 Å². The second-order valence-corrected chi connectivity index (χ2v) is 6.38.